The minimum atomic E-state index is -0.843. The summed E-state index contributed by atoms with van der Waals surface area (Å²) < 4.78 is 19.8. The van der Waals surface area contributed by atoms with E-state index in [0.717, 1.165) is 50.8 Å². The molecule has 0 aromatic heterocycles. The molecule has 1 aliphatic heterocycles. The van der Waals surface area contributed by atoms with Gasteiger partial charge in [0.2, 0.25) is 0 Å². The molecule has 0 bridgehead atoms. The summed E-state index contributed by atoms with van der Waals surface area (Å²) in [6.07, 6.45) is 7.93. The highest BCUT2D eigenvalue weighted by molar-refractivity contribution is 5.68. The van der Waals surface area contributed by atoms with Gasteiger partial charge < -0.3 is 15.4 Å². The number of allylic oxidation sites excluding steroid dienone is 5. The Morgan fingerprint density at radius 1 is 1.27 bits per heavy atom. The molecule has 0 aromatic rings. The third-order valence-corrected chi connectivity index (χ3v) is 6.26. The molecule has 0 spiro atoms. The van der Waals surface area contributed by atoms with E-state index in [-0.39, 0.29) is 17.9 Å². The number of carbonyl (C=O) groups excluding carboxylic acids is 1. The third kappa shape index (κ3) is 5.72. The topological polar surface area (TPSA) is 74.2 Å². The van der Waals surface area contributed by atoms with E-state index in [4.69, 9.17) is 4.74 Å². The molecule has 2 fully saturated rings. The van der Waals surface area contributed by atoms with Crippen molar-refractivity contribution in [2.45, 2.75) is 71.4 Å². The summed E-state index contributed by atoms with van der Waals surface area (Å²) in [5.41, 5.74) is -0.714. The van der Waals surface area contributed by atoms with Gasteiger partial charge in [0.15, 0.2) is 0 Å². The molecule has 166 valence electrons. The van der Waals surface area contributed by atoms with Crippen LogP contribution in [0.2, 0.25) is 0 Å². The van der Waals surface area contributed by atoms with E-state index in [1.807, 2.05) is 27.7 Å². The van der Waals surface area contributed by atoms with E-state index in [1.54, 1.807) is 0 Å². The van der Waals surface area contributed by atoms with Crippen molar-refractivity contribution in [1.29, 1.82) is 5.26 Å². The second kappa shape index (κ2) is 10.3. The van der Waals surface area contributed by atoms with Crippen molar-refractivity contribution in [3.8, 4) is 6.07 Å². The average molecular weight is 418 g/mol. The zero-order chi connectivity index (χ0) is 22.4. The summed E-state index contributed by atoms with van der Waals surface area (Å²) >= 11 is 0. The maximum atomic E-state index is 14.4. The number of nitrogens with zero attached hydrogens (tertiary/aromatic N) is 1. The van der Waals surface area contributed by atoms with E-state index in [2.05, 4.69) is 23.3 Å². The first kappa shape index (κ1) is 24.1. The van der Waals surface area contributed by atoms with Crippen LogP contribution in [0, 0.1) is 28.6 Å². The van der Waals surface area contributed by atoms with E-state index in [9.17, 15) is 14.4 Å². The van der Waals surface area contributed by atoms with E-state index in [0.29, 0.717) is 0 Å². The second-order valence-electron chi connectivity index (χ2n) is 9.41. The van der Waals surface area contributed by atoms with Crippen LogP contribution in [-0.4, -0.2) is 30.8 Å². The van der Waals surface area contributed by atoms with Crippen LogP contribution in [0.25, 0.3) is 0 Å². The quantitative estimate of drug-likeness (QED) is 0.584. The highest BCUT2D eigenvalue weighted by Crippen LogP contribution is 2.52. The molecule has 2 rings (SSSR count). The predicted octanol–water partition coefficient (Wildman–Crippen LogP) is 5.18. The fraction of sp³-hybridized carbons (Fsp3) is 0.667. The molecular weight excluding hydrogens is 381 g/mol. The Hall–Kier alpha value is -2.13. The number of hydrogen-bond donors (Lipinski definition) is 2. The predicted molar refractivity (Wildman–Crippen MR) is 117 cm³/mol. The standard InChI is InChI=1S/C24H36FN3O2/c1-6-8-19(25)15-17(2)24(16-26,18-11-13-27-14-12-18)20-9-7-10-21(20)28-22(29)30-23(3,4)5/h6,8,15,18,20-21,27H,1,7,9-14H2,2-5H3,(H,28,29)/b17-15+,19-8+/t20-,21-,24+/m0/s1. The van der Waals surface area contributed by atoms with Gasteiger partial charge in [-0.2, -0.15) is 5.26 Å². The SMILES string of the molecule is C=C/C=C(F)\C=C(/C)[C@](C#N)(C1CCNCC1)[C@H]1CCC[C@@H]1NC(=O)OC(C)(C)C. The number of nitrogens with one attached hydrogen (secondary N) is 2. The molecule has 1 heterocycles. The maximum absolute atomic E-state index is 14.4. The Balaban J connectivity index is 2.42. The van der Waals surface area contributed by atoms with Gasteiger partial charge in [-0.25, -0.2) is 9.18 Å². The van der Waals surface area contributed by atoms with Gasteiger partial charge in [0.25, 0.3) is 0 Å². The minimum Gasteiger partial charge on any atom is -0.444 e. The lowest BCUT2D eigenvalue weighted by molar-refractivity contribution is 0.0453. The second-order valence-corrected chi connectivity index (χ2v) is 9.41. The lowest BCUT2D eigenvalue weighted by Gasteiger charge is -2.45. The van der Waals surface area contributed by atoms with Crippen LogP contribution in [0.3, 0.4) is 0 Å². The van der Waals surface area contributed by atoms with Crippen LogP contribution in [0.4, 0.5) is 9.18 Å². The maximum Gasteiger partial charge on any atom is 0.407 e. The van der Waals surface area contributed by atoms with Gasteiger partial charge in [0, 0.05) is 12.0 Å². The Morgan fingerprint density at radius 3 is 2.50 bits per heavy atom. The molecule has 0 aromatic carbocycles. The number of rotatable bonds is 6. The number of halogens is 1. The Labute approximate surface area is 180 Å². The number of hydrogen-bond acceptors (Lipinski definition) is 4. The number of carbonyl (C=O) groups is 1. The first-order valence-electron chi connectivity index (χ1n) is 10.9. The smallest absolute Gasteiger partial charge is 0.407 e. The molecule has 2 aliphatic rings. The average Bonchev–Trinajstić information content (AvgIpc) is 3.10. The Morgan fingerprint density at radius 2 is 1.93 bits per heavy atom. The highest BCUT2D eigenvalue weighted by atomic mass is 19.1. The molecule has 2 N–H and O–H groups in total. The van der Waals surface area contributed by atoms with Crippen LogP contribution in [-0.2, 0) is 4.74 Å². The van der Waals surface area contributed by atoms with Gasteiger partial charge >= 0.3 is 6.09 Å². The Kier molecular flexibility index (Phi) is 8.25. The van der Waals surface area contributed by atoms with Gasteiger partial charge in [0.1, 0.15) is 11.4 Å². The van der Waals surface area contributed by atoms with E-state index in [1.165, 1.54) is 18.2 Å². The minimum absolute atomic E-state index is 0.0918. The number of alkyl carbamates (subject to hydrolysis) is 1. The fourth-order valence-corrected chi connectivity index (χ4v) is 5.08. The largest absolute Gasteiger partial charge is 0.444 e. The molecule has 1 aliphatic carbocycles. The van der Waals surface area contributed by atoms with Gasteiger partial charge in [-0.1, -0.05) is 19.1 Å². The number of nitriles is 1. The van der Waals surface area contributed by atoms with E-state index >= 15 is 0 Å². The first-order valence-corrected chi connectivity index (χ1v) is 10.9. The summed E-state index contributed by atoms with van der Waals surface area (Å²) in [4.78, 5) is 12.5. The van der Waals surface area contributed by atoms with Crippen LogP contribution in [0.15, 0.2) is 36.2 Å². The molecular formula is C24H36FN3O2. The molecule has 0 radical (unpaired) electrons. The normalized spacial score (nSPS) is 25.9. The molecule has 6 heteroatoms. The van der Waals surface area contributed by atoms with Crippen molar-refractivity contribution < 1.29 is 13.9 Å². The Bertz CT molecular complexity index is 726. The van der Waals surface area contributed by atoms with Crippen LogP contribution in [0.1, 0.15) is 59.8 Å². The summed E-state index contributed by atoms with van der Waals surface area (Å²) in [5, 5.41) is 16.9. The summed E-state index contributed by atoms with van der Waals surface area (Å²) in [6.45, 7) is 12.6. The molecule has 0 unspecified atom stereocenters. The van der Waals surface area contributed by atoms with Gasteiger partial charge in [-0.05, 0) is 90.1 Å². The summed E-state index contributed by atoms with van der Waals surface area (Å²) in [6, 6.07) is 2.44. The van der Waals surface area contributed by atoms with Crippen molar-refractivity contribution in [1.82, 2.24) is 10.6 Å². The van der Waals surface area contributed by atoms with Crippen molar-refractivity contribution in [3.05, 3.63) is 36.2 Å². The first-order chi connectivity index (χ1) is 14.1. The van der Waals surface area contributed by atoms with Crippen molar-refractivity contribution in [2.24, 2.45) is 17.3 Å². The van der Waals surface area contributed by atoms with Crippen LogP contribution < -0.4 is 10.6 Å². The number of ether oxygens (including phenoxy) is 1. The number of piperidine rings is 1. The van der Waals surface area contributed by atoms with Gasteiger partial charge in [-0.3, -0.25) is 0 Å². The molecule has 3 atom stereocenters. The molecule has 1 saturated carbocycles. The van der Waals surface area contributed by atoms with Gasteiger partial charge in [0.05, 0.1) is 11.5 Å². The fourth-order valence-electron chi connectivity index (χ4n) is 5.08. The molecule has 30 heavy (non-hydrogen) atoms. The zero-order valence-electron chi connectivity index (χ0n) is 18.8. The lowest BCUT2D eigenvalue weighted by Crippen LogP contribution is -2.50. The van der Waals surface area contributed by atoms with Crippen molar-refractivity contribution in [3.63, 3.8) is 0 Å². The van der Waals surface area contributed by atoms with E-state index < -0.39 is 22.9 Å². The van der Waals surface area contributed by atoms with Crippen LogP contribution >= 0.6 is 0 Å². The summed E-state index contributed by atoms with van der Waals surface area (Å²) in [7, 11) is 0. The lowest BCUT2D eigenvalue weighted by atomic mass is 9.59. The third-order valence-electron chi connectivity index (χ3n) is 6.26. The monoisotopic (exact) mass is 417 g/mol. The van der Waals surface area contributed by atoms with Crippen LogP contribution in [0.5, 0.6) is 0 Å². The molecule has 5 nitrogen and oxygen atoms in total. The number of amides is 1. The van der Waals surface area contributed by atoms with Crippen molar-refractivity contribution >= 4 is 6.09 Å². The highest BCUT2D eigenvalue weighted by Gasteiger charge is 2.52. The molecule has 1 saturated heterocycles. The molecule has 1 amide bonds. The van der Waals surface area contributed by atoms with Gasteiger partial charge in [-0.15, -0.1) is 0 Å². The summed E-state index contributed by atoms with van der Waals surface area (Å²) in [5.74, 6) is -0.404. The zero-order valence-corrected chi connectivity index (χ0v) is 18.8. The van der Waals surface area contributed by atoms with Crippen molar-refractivity contribution in [2.75, 3.05) is 13.1 Å².